The van der Waals surface area contributed by atoms with Gasteiger partial charge in [-0.2, -0.15) is 4.68 Å². The molecule has 11 nitrogen and oxygen atoms in total. The van der Waals surface area contributed by atoms with Gasteiger partial charge in [0.2, 0.25) is 0 Å². The summed E-state index contributed by atoms with van der Waals surface area (Å²) >= 11 is 0. The summed E-state index contributed by atoms with van der Waals surface area (Å²) in [7, 11) is 0. The number of aromatic nitrogens is 4. The second-order valence-electron chi connectivity index (χ2n) is 6.59. The van der Waals surface area contributed by atoms with Gasteiger partial charge >= 0.3 is 18.0 Å². The third-order valence-electron chi connectivity index (χ3n) is 4.38. The topological polar surface area (TPSA) is 137 Å². The lowest BCUT2D eigenvalue weighted by Crippen LogP contribution is -2.50. The van der Waals surface area contributed by atoms with E-state index in [0.717, 1.165) is 5.56 Å². The number of urea groups is 1. The van der Waals surface area contributed by atoms with E-state index in [4.69, 9.17) is 9.47 Å². The van der Waals surface area contributed by atoms with E-state index < -0.39 is 24.0 Å². The van der Waals surface area contributed by atoms with Crippen molar-refractivity contribution in [2.75, 3.05) is 13.2 Å². The number of benzene rings is 1. The predicted molar refractivity (Wildman–Crippen MR) is 109 cm³/mol. The van der Waals surface area contributed by atoms with Crippen molar-refractivity contribution < 1.29 is 23.9 Å². The number of carbonyl (C=O) groups is 3. The average Bonchev–Trinajstić information content (AvgIpc) is 3.16. The van der Waals surface area contributed by atoms with Crippen LogP contribution < -0.4 is 10.6 Å². The monoisotopic (exact) mass is 426 g/mol. The Morgan fingerprint density at radius 3 is 2.61 bits per heavy atom. The van der Waals surface area contributed by atoms with Crippen LogP contribution >= 0.6 is 0 Å². The van der Waals surface area contributed by atoms with E-state index in [9.17, 15) is 14.4 Å². The molecule has 1 aliphatic heterocycles. The standard InChI is InChI=1S/C20H22N6O5/c1-4-30-19(28)17-12(2)21-20(29)22-15(17)11-31-18(27)16(26-13(3)23-24-25-26)10-14-8-6-5-7-9-14/h5-10,12H,4,11H2,1-3H3,(H2,21,22,29)/b16-10-/t12-/m0/s1. The van der Waals surface area contributed by atoms with Gasteiger partial charge in [-0.3, -0.25) is 0 Å². The van der Waals surface area contributed by atoms with E-state index in [2.05, 4.69) is 26.2 Å². The molecule has 0 saturated heterocycles. The molecule has 1 atom stereocenters. The first-order valence-corrected chi connectivity index (χ1v) is 9.57. The number of hydrogen-bond donors (Lipinski definition) is 2. The van der Waals surface area contributed by atoms with E-state index in [1.165, 1.54) is 4.68 Å². The van der Waals surface area contributed by atoms with Crippen LogP contribution in [-0.4, -0.2) is 57.4 Å². The van der Waals surface area contributed by atoms with E-state index in [1.807, 2.05) is 30.3 Å². The summed E-state index contributed by atoms with van der Waals surface area (Å²) in [6.07, 6.45) is 1.58. The summed E-state index contributed by atoms with van der Waals surface area (Å²) in [4.78, 5) is 37.1. The molecule has 3 rings (SSSR count). The fourth-order valence-corrected chi connectivity index (χ4v) is 2.97. The van der Waals surface area contributed by atoms with Gasteiger partial charge in [-0.25, -0.2) is 14.4 Å². The Morgan fingerprint density at radius 2 is 1.97 bits per heavy atom. The summed E-state index contributed by atoms with van der Waals surface area (Å²) in [6, 6.07) is 7.99. The van der Waals surface area contributed by atoms with Gasteiger partial charge in [0.25, 0.3) is 0 Å². The third kappa shape index (κ3) is 5.13. The largest absolute Gasteiger partial charge is 0.463 e. The molecule has 0 fully saturated rings. The minimum Gasteiger partial charge on any atom is -0.463 e. The van der Waals surface area contributed by atoms with Crippen molar-refractivity contribution in [2.24, 2.45) is 0 Å². The van der Waals surface area contributed by atoms with Gasteiger partial charge in [0.1, 0.15) is 6.61 Å². The lowest BCUT2D eigenvalue weighted by Gasteiger charge is -2.26. The summed E-state index contributed by atoms with van der Waals surface area (Å²) < 4.78 is 11.7. The Balaban J connectivity index is 1.88. The number of carbonyl (C=O) groups excluding carboxylic acids is 3. The molecule has 1 aromatic carbocycles. The Kier molecular flexibility index (Phi) is 6.75. The Morgan fingerprint density at radius 1 is 1.23 bits per heavy atom. The van der Waals surface area contributed by atoms with E-state index in [0.29, 0.717) is 5.82 Å². The molecule has 0 aliphatic carbocycles. The van der Waals surface area contributed by atoms with E-state index in [1.54, 1.807) is 26.8 Å². The lowest BCUT2D eigenvalue weighted by molar-refractivity contribution is -0.140. The zero-order valence-corrected chi connectivity index (χ0v) is 17.3. The van der Waals surface area contributed by atoms with Crippen molar-refractivity contribution in [3.63, 3.8) is 0 Å². The van der Waals surface area contributed by atoms with Gasteiger partial charge in [-0.15, -0.1) is 5.10 Å². The first kappa shape index (κ1) is 21.7. The predicted octanol–water partition coefficient (Wildman–Crippen LogP) is 1.04. The smallest absolute Gasteiger partial charge is 0.357 e. The van der Waals surface area contributed by atoms with Crippen LogP contribution in [0.25, 0.3) is 11.8 Å². The number of esters is 2. The number of ether oxygens (including phenoxy) is 2. The van der Waals surface area contributed by atoms with Crippen LogP contribution in [0.1, 0.15) is 25.2 Å². The van der Waals surface area contributed by atoms with Gasteiger partial charge in [0.05, 0.1) is 23.9 Å². The van der Waals surface area contributed by atoms with Crippen LogP contribution in [0.4, 0.5) is 4.79 Å². The van der Waals surface area contributed by atoms with Gasteiger partial charge < -0.3 is 20.1 Å². The number of aryl methyl sites for hydroxylation is 1. The van der Waals surface area contributed by atoms with Crippen molar-refractivity contribution in [3.05, 3.63) is 53.0 Å². The molecular weight excluding hydrogens is 404 g/mol. The normalized spacial score (nSPS) is 16.4. The van der Waals surface area contributed by atoms with Crippen molar-refractivity contribution in [3.8, 4) is 0 Å². The van der Waals surface area contributed by atoms with Gasteiger partial charge in [-0.05, 0) is 42.8 Å². The van der Waals surface area contributed by atoms with Crippen LogP contribution in [-0.2, 0) is 19.1 Å². The van der Waals surface area contributed by atoms with Gasteiger partial charge in [-0.1, -0.05) is 30.3 Å². The zero-order valence-electron chi connectivity index (χ0n) is 17.3. The zero-order chi connectivity index (χ0) is 22.4. The van der Waals surface area contributed by atoms with E-state index >= 15 is 0 Å². The molecule has 11 heteroatoms. The quantitative estimate of drug-likeness (QED) is 0.495. The van der Waals surface area contributed by atoms with Crippen LogP contribution in [0.3, 0.4) is 0 Å². The first-order chi connectivity index (χ1) is 14.9. The summed E-state index contributed by atoms with van der Waals surface area (Å²) in [5, 5.41) is 16.3. The Labute approximate surface area is 178 Å². The van der Waals surface area contributed by atoms with Gasteiger partial charge in [0, 0.05) is 0 Å². The van der Waals surface area contributed by atoms with Gasteiger partial charge in [0.15, 0.2) is 11.5 Å². The Hall–Kier alpha value is -4.02. The second kappa shape index (κ2) is 9.65. The number of rotatable bonds is 7. The van der Waals surface area contributed by atoms with Crippen LogP contribution in [0, 0.1) is 6.92 Å². The molecule has 31 heavy (non-hydrogen) atoms. The number of amides is 2. The molecule has 2 heterocycles. The molecule has 0 unspecified atom stereocenters. The highest BCUT2D eigenvalue weighted by Crippen LogP contribution is 2.17. The second-order valence-corrected chi connectivity index (χ2v) is 6.59. The number of hydrogen-bond acceptors (Lipinski definition) is 8. The number of nitrogens with zero attached hydrogens (tertiary/aromatic N) is 4. The van der Waals surface area contributed by atoms with Crippen LogP contribution in [0.2, 0.25) is 0 Å². The summed E-state index contributed by atoms with van der Waals surface area (Å²) in [5.74, 6) is -0.963. The molecule has 0 spiro atoms. The first-order valence-electron chi connectivity index (χ1n) is 9.57. The molecule has 162 valence electrons. The molecule has 0 radical (unpaired) electrons. The maximum Gasteiger partial charge on any atom is 0.357 e. The minimum absolute atomic E-state index is 0.0697. The lowest BCUT2D eigenvalue weighted by atomic mass is 10.0. The minimum atomic E-state index is -0.740. The molecule has 0 saturated carbocycles. The highest BCUT2D eigenvalue weighted by Gasteiger charge is 2.30. The fraction of sp³-hybridized carbons (Fsp3) is 0.300. The third-order valence-corrected chi connectivity index (χ3v) is 4.38. The van der Waals surface area contributed by atoms with Crippen molar-refractivity contribution in [2.45, 2.75) is 26.8 Å². The van der Waals surface area contributed by atoms with Crippen molar-refractivity contribution in [1.82, 2.24) is 30.8 Å². The highest BCUT2D eigenvalue weighted by molar-refractivity contribution is 6.15. The fourth-order valence-electron chi connectivity index (χ4n) is 2.97. The molecule has 0 bridgehead atoms. The molecule has 2 aromatic rings. The SMILES string of the molecule is CCOC(=O)C1=C(COC(=O)/C(=C/c2ccccc2)n2nnnc2C)NC(=O)N[C@H]1C. The average molecular weight is 426 g/mol. The molecule has 2 N–H and O–H groups in total. The summed E-state index contributed by atoms with van der Waals surface area (Å²) in [6.45, 7) is 4.77. The number of nitrogens with one attached hydrogen (secondary N) is 2. The highest BCUT2D eigenvalue weighted by atomic mass is 16.5. The molecule has 1 aliphatic rings. The summed E-state index contributed by atoms with van der Waals surface area (Å²) in [5.41, 5.74) is 1.14. The molecular formula is C20H22N6O5. The van der Waals surface area contributed by atoms with Crippen molar-refractivity contribution >= 4 is 29.7 Å². The molecule has 1 aromatic heterocycles. The maximum absolute atomic E-state index is 12.9. The Bertz CT molecular complexity index is 1040. The van der Waals surface area contributed by atoms with Crippen molar-refractivity contribution in [1.29, 1.82) is 0 Å². The van der Waals surface area contributed by atoms with Crippen LogP contribution in [0.5, 0.6) is 0 Å². The van der Waals surface area contributed by atoms with E-state index in [-0.39, 0.29) is 30.2 Å². The number of tetrazole rings is 1. The maximum atomic E-state index is 12.9. The molecule has 2 amide bonds. The van der Waals surface area contributed by atoms with Crippen LogP contribution in [0.15, 0.2) is 41.6 Å².